The van der Waals surface area contributed by atoms with E-state index in [-0.39, 0.29) is 18.0 Å². The highest BCUT2D eigenvalue weighted by Crippen LogP contribution is 2.41. The number of nitrogens with one attached hydrogen (secondary N) is 2. The second-order valence-electron chi connectivity index (χ2n) is 9.62. The lowest BCUT2D eigenvalue weighted by Crippen LogP contribution is -2.49. The van der Waals surface area contributed by atoms with Gasteiger partial charge in [-0.25, -0.2) is 4.89 Å². The summed E-state index contributed by atoms with van der Waals surface area (Å²) in [6, 6.07) is -1.23. The van der Waals surface area contributed by atoms with Gasteiger partial charge in [-0.3, -0.25) is 14.9 Å². The molecule has 3 aliphatic rings. The number of carboxylic acid groups (broad SMARTS) is 2. The van der Waals surface area contributed by atoms with Gasteiger partial charge in [-0.05, 0) is 74.5 Å². The molecule has 196 valence electrons. The second-order valence-corrected chi connectivity index (χ2v) is 9.62. The van der Waals surface area contributed by atoms with Gasteiger partial charge in [0.1, 0.15) is 12.1 Å². The zero-order valence-corrected chi connectivity index (χ0v) is 20.3. The fourth-order valence-electron chi connectivity index (χ4n) is 5.33. The predicted molar refractivity (Wildman–Crippen MR) is 129 cm³/mol. The molecule has 8 N–H and O–H groups in total. The van der Waals surface area contributed by atoms with E-state index in [4.69, 9.17) is 16.5 Å². The minimum absolute atomic E-state index is 0.0375. The minimum Gasteiger partial charge on any atom is -0.480 e. The summed E-state index contributed by atoms with van der Waals surface area (Å²) in [7, 11) is 1.39. The molecule has 0 saturated carbocycles. The third-order valence-electron chi connectivity index (χ3n) is 7.30. The maximum absolute atomic E-state index is 11.5. The van der Waals surface area contributed by atoms with Gasteiger partial charge in [-0.1, -0.05) is 6.58 Å². The summed E-state index contributed by atoms with van der Waals surface area (Å²) in [5.74, 6) is -1.71. The zero-order valence-electron chi connectivity index (χ0n) is 20.3. The van der Waals surface area contributed by atoms with Gasteiger partial charge in [-0.2, -0.15) is 5.48 Å². The SMILES string of the molecule is C=C1C(CCC(N)C(=O)O)=CN2C=C(C3CCCC(C(=O)O)N3)CCC2C1CCC(N)NOOC. The molecule has 0 aromatic heterocycles. The van der Waals surface area contributed by atoms with Crippen molar-refractivity contribution in [2.24, 2.45) is 17.4 Å². The number of hydroxylamine groups is 1. The van der Waals surface area contributed by atoms with E-state index < -0.39 is 30.2 Å². The third-order valence-corrected chi connectivity index (χ3v) is 7.30. The summed E-state index contributed by atoms with van der Waals surface area (Å²) in [5.41, 5.74) is 17.6. The van der Waals surface area contributed by atoms with Crippen LogP contribution < -0.4 is 22.3 Å². The monoisotopic (exact) mass is 493 g/mol. The van der Waals surface area contributed by atoms with Crippen molar-refractivity contribution in [3.8, 4) is 0 Å². The van der Waals surface area contributed by atoms with E-state index >= 15 is 0 Å². The Bertz CT molecular complexity index is 846. The molecule has 0 amide bonds. The van der Waals surface area contributed by atoms with E-state index in [1.807, 2.05) is 0 Å². The van der Waals surface area contributed by atoms with Crippen LogP contribution in [0.1, 0.15) is 57.8 Å². The van der Waals surface area contributed by atoms with Crippen molar-refractivity contribution < 1.29 is 29.7 Å². The van der Waals surface area contributed by atoms with Crippen LogP contribution in [0.3, 0.4) is 0 Å². The fourth-order valence-corrected chi connectivity index (χ4v) is 5.33. The quantitative estimate of drug-likeness (QED) is 0.132. The van der Waals surface area contributed by atoms with E-state index in [9.17, 15) is 19.8 Å². The lowest BCUT2D eigenvalue weighted by molar-refractivity contribution is -0.324. The molecule has 35 heavy (non-hydrogen) atoms. The van der Waals surface area contributed by atoms with Crippen LogP contribution in [0.2, 0.25) is 0 Å². The van der Waals surface area contributed by atoms with Gasteiger partial charge in [0, 0.05) is 30.4 Å². The number of rotatable bonds is 12. The summed E-state index contributed by atoms with van der Waals surface area (Å²) < 4.78 is 0. The molecule has 6 unspecified atom stereocenters. The first-order valence-corrected chi connectivity index (χ1v) is 12.3. The first-order chi connectivity index (χ1) is 16.7. The van der Waals surface area contributed by atoms with Crippen molar-refractivity contribution in [1.29, 1.82) is 0 Å². The molecular formula is C24H39N5O6. The highest BCUT2D eigenvalue weighted by atomic mass is 17.3. The van der Waals surface area contributed by atoms with Crippen LogP contribution in [0.15, 0.2) is 35.7 Å². The Hall–Kier alpha value is -2.28. The number of carboxylic acids is 2. The van der Waals surface area contributed by atoms with Crippen molar-refractivity contribution in [2.45, 2.75) is 88.1 Å². The van der Waals surface area contributed by atoms with Gasteiger partial charge < -0.3 is 26.6 Å². The van der Waals surface area contributed by atoms with E-state index in [1.165, 1.54) is 12.7 Å². The number of nitrogens with two attached hydrogens (primary N) is 2. The molecule has 0 aromatic rings. The number of hydrogen-bond donors (Lipinski definition) is 6. The Labute approximate surface area is 206 Å². The topological polar surface area (TPSA) is 172 Å². The highest BCUT2D eigenvalue weighted by Gasteiger charge is 2.37. The fraction of sp³-hybridized carbons (Fsp3) is 0.667. The summed E-state index contributed by atoms with van der Waals surface area (Å²) in [6.45, 7) is 4.37. The van der Waals surface area contributed by atoms with Gasteiger partial charge in [0.05, 0.1) is 13.3 Å². The maximum Gasteiger partial charge on any atom is 0.320 e. The summed E-state index contributed by atoms with van der Waals surface area (Å²) >= 11 is 0. The molecule has 6 atom stereocenters. The lowest BCUT2D eigenvalue weighted by atomic mass is 9.75. The molecule has 3 heterocycles. The Morgan fingerprint density at radius 2 is 2.03 bits per heavy atom. The standard InChI is InChI=1S/C24H39N5O6/c1-14-15(6-9-18(25)23(30)31)12-29-13-16(19-4-3-5-20(27-19)24(32)33)7-10-21(29)17(14)8-11-22(26)28-35-34-2/h12-13,17-22,27-28H,1,3-11,25-26H2,2H3,(H,30,31)(H,32,33). The molecule has 11 nitrogen and oxygen atoms in total. The van der Waals surface area contributed by atoms with E-state index in [0.717, 1.165) is 43.3 Å². The number of fused-ring (bicyclic) bond motifs is 1. The van der Waals surface area contributed by atoms with Crippen molar-refractivity contribution in [1.82, 2.24) is 15.7 Å². The van der Waals surface area contributed by atoms with Crippen LogP contribution in [0, 0.1) is 5.92 Å². The van der Waals surface area contributed by atoms with Crippen LogP contribution in [-0.2, 0) is 19.5 Å². The molecule has 11 heteroatoms. The number of allylic oxidation sites excluding steroid dienone is 1. The van der Waals surface area contributed by atoms with Gasteiger partial charge in [0.15, 0.2) is 0 Å². The van der Waals surface area contributed by atoms with E-state index in [2.05, 4.69) is 39.6 Å². The number of nitrogens with zero attached hydrogens (tertiary/aromatic N) is 1. The Balaban J connectivity index is 1.79. The van der Waals surface area contributed by atoms with Gasteiger partial charge in [0.2, 0.25) is 0 Å². The molecule has 0 aromatic carbocycles. The molecule has 0 spiro atoms. The first kappa shape index (κ1) is 27.3. The average Bonchev–Trinajstić information content (AvgIpc) is 2.85. The minimum atomic E-state index is -1.02. The highest BCUT2D eigenvalue weighted by molar-refractivity contribution is 5.73. The summed E-state index contributed by atoms with van der Waals surface area (Å²) in [5, 5.41) is 21.9. The molecule has 0 bridgehead atoms. The smallest absolute Gasteiger partial charge is 0.320 e. The van der Waals surface area contributed by atoms with Crippen molar-refractivity contribution >= 4 is 11.9 Å². The van der Waals surface area contributed by atoms with Crippen molar-refractivity contribution in [2.75, 3.05) is 7.11 Å². The number of aliphatic carboxylic acids is 2. The van der Waals surface area contributed by atoms with Crippen LogP contribution in [0.25, 0.3) is 0 Å². The van der Waals surface area contributed by atoms with Crippen molar-refractivity contribution in [3.05, 3.63) is 35.7 Å². The van der Waals surface area contributed by atoms with Crippen LogP contribution in [0.4, 0.5) is 0 Å². The molecule has 1 fully saturated rings. The molecule has 3 aliphatic heterocycles. The average molecular weight is 494 g/mol. The van der Waals surface area contributed by atoms with Gasteiger partial charge in [0.25, 0.3) is 0 Å². The number of carbonyl (C=O) groups is 2. The molecule has 0 aliphatic carbocycles. The van der Waals surface area contributed by atoms with Gasteiger partial charge in [-0.15, -0.1) is 4.99 Å². The Morgan fingerprint density at radius 3 is 2.71 bits per heavy atom. The first-order valence-electron chi connectivity index (χ1n) is 12.3. The normalized spacial score (nSPS) is 28.5. The molecule has 0 radical (unpaired) electrons. The van der Waals surface area contributed by atoms with Crippen LogP contribution in [-0.4, -0.2) is 64.5 Å². The molecule has 1 saturated heterocycles. The number of piperidine rings is 1. The Morgan fingerprint density at radius 1 is 1.26 bits per heavy atom. The Kier molecular flexibility index (Phi) is 9.84. The predicted octanol–water partition coefficient (Wildman–Crippen LogP) is 1.34. The summed E-state index contributed by atoms with van der Waals surface area (Å²) in [4.78, 5) is 34.2. The third kappa shape index (κ3) is 7.12. The molecular weight excluding hydrogens is 454 g/mol. The zero-order chi connectivity index (χ0) is 25.5. The largest absolute Gasteiger partial charge is 0.480 e. The number of hydrogen-bond acceptors (Lipinski definition) is 9. The van der Waals surface area contributed by atoms with E-state index in [0.29, 0.717) is 25.7 Å². The van der Waals surface area contributed by atoms with Crippen LogP contribution >= 0.6 is 0 Å². The van der Waals surface area contributed by atoms with E-state index in [1.54, 1.807) is 0 Å². The van der Waals surface area contributed by atoms with Gasteiger partial charge >= 0.3 is 11.9 Å². The van der Waals surface area contributed by atoms with Crippen LogP contribution in [0.5, 0.6) is 0 Å². The van der Waals surface area contributed by atoms with Crippen molar-refractivity contribution in [3.63, 3.8) is 0 Å². The summed E-state index contributed by atoms with van der Waals surface area (Å²) in [6.07, 6.45) is 10.2. The second kappa shape index (κ2) is 12.6. The lowest BCUT2D eigenvalue weighted by Gasteiger charge is -2.45. The molecule has 3 rings (SSSR count). The maximum atomic E-state index is 11.5.